The molecule has 1 aromatic heterocycles. The molecule has 0 aliphatic heterocycles. The zero-order valence-corrected chi connectivity index (χ0v) is 12.5. The van der Waals surface area contributed by atoms with Gasteiger partial charge in [-0.15, -0.1) is 0 Å². The quantitative estimate of drug-likeness (QED) is 0.873. The molecule has 0 spiro atoms. The molecule has 0 amide bonds. The van der Waals surface area contributed by atoms with Gasteiger partial charge in [0.1, 0.15) is 16.1 Å². The third kappa shape index (κ3) is 2.55. The van der Waals surface area contributed by atoms with E-state index in [1.165, 1.54) is 18.1 Å². The predicted octanol–water partition coefficient (Wildman–Crippen LogP) is 3.11. The number of aliphatic carboxylic acids is 1. The lowest BCUT2D eigenvalue weighted by atomic mass is 9.84. The minimum absolute atomic E-state index is 0.579. The molecule has 22 heavy (non-hydrogen) atoms. The van der Waals surface area contributed by atoms with Crippen LogP contribution < -0.4 is 0 Å². The Balaban J connectivity index is 1.96. The lowest BCUT2D eigenvalue weighted by Crippen LogP contribution is -2.41. The number of hydrogen-bond donors (Lipinski definition) is 1. The van der Waals surface area contributed by atoms with Crippen LogP contribution in [0.5, 0.6) is 0 Å². The van der Waals surface area contributed by atoms with Gasteiger partial charge in [-0.25, -0.2) is 9.97 Å². The number of carboxylic acids is 1. The number of carbonyl (C=O) groups is 1. The molecule has 1 N–H and O–H groups in total. The van der Waals surface area contributed by atoms with Gasteiger partial charge in [-0.3, -0.25) is 4.79 Å². The van der Waals surface area contributed by atoms with E-state index in [1.807, 2.05) is 12.1 Å². The fourth-order valence-corrected chi connectivity index (χ4v) is 3.70. The van der Waals surface area contributed by atoms with Crippen molar-refractivity contribution < 1.29 is 9.90 Å². The van der Waals surface area contributed by atoms with E-state index < -0.39 is 10.7 Å². The lowest BCUT2D eigenvalue weighted by Gasteiger charge is -2.36. The van der Waals surface area contributed by atoms with Crippen molar-refractivity contribution in [3.63, 3.8) is 0 Å². The molecule has 0 saturated heterocycles. The summed E-state index contributed by atoms with van der Waals surface area (Å²) in [5.74, 6) is -0.784. The maximum absolute atomic E-state index is 11.5. The number of hydrogen-bond acceptors (Lipinski definition) is 5. The van der Waals surface area contributed by atoms with Crippen molar-refractivity contribution in [2.45, 2.75) is 29.0 Å². The first-order valence-electron chi connectivity index (χ1n) is 6.87. The molecule has 5 nitrogen and oxygen atoms in total. The van der Waals surface area contributed by atoms with Crippen LogP contribution in [0.4, 0.5) is 0 Å². The maximum Gasteiger partial charge on any atom is 0.320 e. The highest BCUT2D eigenvalue weighted by Gasteiger charge is 2.46. The van der Waals surface area contributed by atoms with Crippen molar-refractivity contribution in [1.82, 2.24) is 9.97 Å². The fourth-order valence-electron chi connectivity index (χ4n) is 2.36. The Morgan fingerprint density at radius 1 is 1.32 bits per heavy atom. The Morgan fingerprint density at radius 3 is 2.59 bits per heavy atom. The van der Waals surface area contributed by atoms with Crippen molar-refractivity contribution in [2.24, 2.45) is 0 Å². The molecule has 0 unspecified atom stereocenters. The second-order valence-corrected chi connectivity index (χ2v) is 6.56. The molecule has 0 bridgehead atoms. The van der Waals surface area contributed by atoms with Crippen LogP contribution in [0.2, 0.25) is 0 Å². The van der Waals surface area contributed by atoms with Crippen molar-refractivity contribution in [3.8, 4) is 17.2 Å². The van der Waals surface area contributed by atoms with E-state index in [4.69, 9.17) is 5.26 Å². The summed E-state index contributed by atoms with van der Waals surface area (Å²) in [7, 11) is 0. The van der Waals surface area contributed by atoms with Gasteiger partial charge in [0.2, 0.25) is 0 Å². The third-order valence-corrected chi connectivity index (χ3v) is 5.34. The standard InChI is InChI=1S/C16H13N3O2S/c17-8-11-2-4-12(5-3-11)13-9-18-10-19-14(13)22-16(15(20)21)6-1-7-16/h2-5,9-10H,1,6-7H2,(H,20,21). The van der Waals surface area contributed by atoms with Crippen molar-refractivity contribution in [3.05, 3.63) is 42.4 Å². The summed E-state index contributed by atoms with van der Waals surface area (Å²) in [5, 5.41) is 19.0. The van der Waals surface area contributed by atoms with E-state index in [0.29, 0.717) is 23.4 Å². The summed E-state index contributed by atoms with van der Waals surface area (Å²) in [6, 6.07) is 9.19. The average Bonchev–Trinajstić information content (AvgIpc) is 2.51. The van der Waals surface area contributed by atoms with Gasteiger partial charge in [-0.2, -0.15) is 5.26 Å². The lowest BCUT2D eigenvalue weighted by molar-refractivity contribution is -0.142. The van der Waals surface area contributed by atoms with Crippen LogP contribution in [-0.2, 0) is 4.79 Å². The Kier molecular flexibility index (Phi) is 3.82. The zero-order valence-electron chi connectivity index (χ0n) is 11.7. The molecule has 110 valence electrons. The van der Waals surface area contributed by atoms with Crippen LogP contribution >= 0.6 is 11.8 Å². The summed E-state index contributed by atoms with van der Waals surface area (Å²) >= 11 is 1.30. The van der Waals surface area contributed by atoms with Gasteiger partial charge in [-0.05, 0) is 37.0 Å². The molecule has 1 aromatic carbocycles. The van der Waals surface area contributed by atoms with Crippen molar-refractivity contribution >= 4 is 17.7 Å². The molecule has 1 saturated carbocycles. The predicted molar refractivity (Wildman–Crippen MR) is 82.3 cm³/mol. The normalized spacial score (nSPS) is 15.6. The van der Waals surface area contributed by atoms with Crippen LogP contribution in [0.3, 0.4) is 0 Å². The Labute approximate surface area is 132 Å². The van der Waals surface area contributed by atoms with Crippen LogP contribution in [0.15, 0.2) is 41.8 Å². The largest absolute Gasteiger partial charge is 0.480 e. The maximum atomic E-state index is 11.5. The van der Waals surface area contributed by atoms with Crippen LogP contribution in [-0.4, -0.2) is 25.8 Å². The molecule has 1 aliphatic rings. The molecule has 1 fully saturated rings. The molecular formula is C16H13N3O2S. The topological polar surface area (TPSA) is 86.9 Å². The van der Waals surface area contributed by atoms with Gasteiger partial charge in [0.05, 0.1) is 11.6 Å². The first-order valence-corrected chi connectivity index (χ1v) is 7.69. The summed E-state index contributed by atoms with van der Waals surface area (Å²) in [6.07, 6.45) is 5.36. The molecule has 1 aliphatic carbocycles. The van der Waals surface area contributed by atoms with E-state index >= 15 is 0 Å². The van der Waals surface area contributed by atoms with Gasteiger partial charge in [0.25, 0.3) is 0 Å². The molecule has 3 rings (SSSR count). The Hall–Kier alpha value is -2.39. The van der Waals surface area contributed by atoms with E-state index in [2.05, 4.69) is 16.0 Å². The van der Waals surface area contributed by atoms with Crippen LogP contribution in [0.25, 0.3) is 11.1 Å². The van der Waals surface area contributed by atoms with E-state index in [-0.39, 0.29) is 0 Å². The van der Waals surface area contributed by atoms with E-state index in [0.717, 1.165) is 17.5 Å². The number of thioether (sulfide) groups is 1. The minimum atomic E-state index is -0.784. The van der Waals surface area contributed by atoms with E-state index in [9.17, 15) is 9.90 Å². The summed E-state index contributed by atoms with van der Waals surface area (Å²) in [4.78, 5) is 19.9. The SMILES string of the molecule is N#Cc1ccc(-c2cncnc2SC2(C(=O)O)CCC2)cc1. The van der Waals surface area contributed by atoms with Gasteiger partial charge in [0.15, 0.2) is 0 Å². The number of benzene rings is 1. The average molecular weight is 311 g/mol. The highest BCUT2D eigenvalue weighted by atomic mass is 32.2. The molecule has 2 aromatic rings. The fraction of sp³-hybridized carbons (Fsp3) is 0.250. The summed E-state index contributed by atoms with van der Waals surface area (Å²) in [6.45, 7) is 0. The third-order valence-electron chi connectivity index (χ3n) is 3.84. The van der Waals surface area contributed by atoms with Crippen LogP contribution in [0.1, 0.15) is 24.8 Å². The molecular weight excluding hydrogens is 298 g/mol. The van der Waals surface area contributed by atoms with Crippen molar-refractivity contribution in [1.29, 1.82) is 5.26 Å². The second kappa shape index (κ2) is 5.78. The Bertz CT molecular complexity index is 749. The highest BCUT2D eigenvalue weighted by Crippen LogP contribution is 2.49. The monoisotopic (exact) mass is 311 g/mol. The highest BCUT2D eigenvalue weighted by molar-refractivity contribution is 8.01. The number of aromatic nitrogens is 2. The Morgan fingerprint density at radius 2 is 2.05 bits per heavy atom. The first-order chi connectivity index (χ1) is 10.6. The second-order valence-electron chi connectivity index (χ2n) is 5.19. The van der Waals surface area contributed by atoms with Gasteiger partial charge in [0, 0.05) is 11.8 Å². The molecule has 1 heterocycles. The minimum Gasteiger partial charge on any atom is -0.480 e. The number of carboxylic acid groups (broad SMARTS) is 1. The van der Waals surface area contributed by atoms with Crippen molar-refractivity contribution in [2.75, 3.05) is 0 Å². The smallest absolute Gasteiger partial charge is 0.320 e. The van der Waals surface area contributed by atoms with E-state index in [1.54, 1.807) is 18.3 Å². The first kappa shape index (κ1) is 14.5. The zero-order chi connectivity index (χ0) is 15.6. The molecule has 6 heteroatoms. The molecule has 0 atom stereocenters. The van der Waals surface area contributed by atoms with Gasteiger partial charge < -0.3 is 5.11 Å². The number of rotatable bonds is 4. The van der Waals surface area contributed by atoms with Crippen LogP contribution in [0, 0.1) is 11.3 Å². The van der Waals surface area contributed by atoms with Gasteiger partial charge >= 0.3 is 5.97 Å². The summed E-state index contributed by atoms with van der Waals surface area (Å²) < 4.78 is -0.768. The number of nitriles is 1. The van der Waals surface area contributed by atoms with Gasteiger partial charge in [-0.1, -0.05) is 23.9 Å². The summed E-state index contributed by atoms with van der Waals surface area (Å²) in [5.41, 5.74) is 2.25. The number of nitrogens with zero attached hydrogens (tertiary/aromatic N) is 3. The molecule has 0 radical (unpaired) electrons.